The van der Waals surface area contributed by atoms with E-state index in [1.165, 1.54) is 24.3 Å². The number of halogens is 3. The first-order chi connectivity index (χ1) is 10.1. The number of hydrogen-bond acceptors (Lipinski definition) is 3. The summed E-state index contributed by atoms with van der Waals surface area (Å²) >= 11 is 0. The maximum absolute atomic E-state index is 12.9. The summed E-state index contributed by atoms with van der Waals surface area (Å²) < 4.78 is 38.6. The topological polar surface area (TPSA) is 53.8 Å². The zero-order valence-electron chi connectivity index (χ0n) is 12.7. The second-order valence-corrected chi connectivity index (χ2v) is 6.51. The van der Waals surface area contributed by atoms with Gasteiger partial charge in [0.1, 0.15) is 0 Å². The fourth-order valence-electron chi connectivity index (χ4n) is 1.95. The van der Waals surface area contributed by atoms with Gasteiger partial charge in [0.15, 0.2) is 0 Å². The van der Waals surface area contributed by atoms with Crippen molar-refractivity contribution in [1.82, 2.24) is 5.32 Å². The quantitative estimate of drug-likeness (QED) is 0.896. The molecule has 0 bridgehead atoms. The van der Waals surface area contributed by atoms with Crippen LogP contribution in [-0.2, 0) is 5.66 Å². The first-order valence-corrected chi connectivity index (χ1v) is 6.95. The minimum atomic E-state index is -4.55. The number of hydrogen-bond donors (Lipinski definition) is 1. The van der Waals surface area contributed by atoms with Crippen molar-refractivity contribution in [2.45, 2.75) is 39.0 Å². The molecule has 0 saturated heterocycles. The van der Waals surface area contributed by atoms with Gasteiger partial charge in [-0.3, -0.25) is 4.79 Å². The Kier molecular flexibility index (Phi) is 4.02. The molecule has 1 amide bonds. The smallest absolute Gasteiger partial charge is 0.352 e. The zero-order valence-corrected chi connectivity index (χ0v) is 12.7. The maximum Gasteiger partial charge on any atom is 0.442 e. The highest BCUT2D eigenvalue weighted by Gasteiger charge is 2.65. The molecule has 1 heterocycles. The van der Waals surface area contributed by atoms with E-state index >= 15 is 0 Å². The number of nitrogens with one attached hydrogen (secondary N) is 1. The molecule has 2 rings (SSSR count). The molecule has 1 N–H and O–H groups in total. The van der Waals surface area contributed by atoms with E-state index in [0.717, 1.165) is 6.42 Å². The molecule has 0 radical (unpaired) electrons. The van der Waals surface area contributed by atoms with Crippen LogP contribution < -0.4 is 5.32 Å². The van der Waals surface area contributed by atoms with Crippen LogP contribution in [0.1, 0.15) is 43.1 Å². The van der Waals surface area contributed by atoms with Gasteiger partial charge in [-0.05, 0) is 24.0 Å². The van der Waals surface area contributed by atoms with E-state index in [-0.39, 0.29) is 16.9 Å². The third kappa shape index (κ3) is 3.45. The molecule has 4 nitrogen and oxygen atoms in total. The van der Waals surface area contributed by atoms with Gasteiger partial charge in [0, 0.05) is 17.7 Å². The van der Waals surface area contributed by atoms with Crippen molar-refractivity contribution in [3.8, 4) is 0 Å². The standard InChI is InChI=1S/C15H18F3N3O/c1-13(2,3)8-9-19-12(22)10-4-6-11(7-5-10)14(20-21-14)15(16,17)18/h4-7H,8-9H2,1-3H3,(H,19,22). The third-order valence-electron chi connectivity index (χ3n) is 3.41. The SMILES string of the molecule is CC(C)(C)CCNC(=O)c1ccc(C2(C(F)(F)F)N=N2)cc1. The van der Waals surface area contributed by atoms with E-state index in [2.05, 4.69) is 36.3 Å². The van der Waals surface area contributed by atoms with Gasteiger partial charge < -0.3 is 5.32 Å². The van der Waals surface area contributed by atoms with Crippen molar-refractivity contribution < 1.29 is 18.0 Å². The van der Waals surface area contributed by atoms with Crippen LogP contribution in [0.25, 0.3) is 0 Å². The lowest BCUT2D eigenvalue weighted by atomic mass is 9.92. The lowest BCUT2D eigenvalue weighted by Crippen LogP contribution is -2.30. The summed E-state index contributed by atoms with van der Waals surface area (Å²) in [6, 6.07) is 5.20. The van der Waals surface area contributed by atoms with Gasteiger partial charge in [0.05, 0.1) is 0 Å². The number of amides is 1. The summed E-state index contributed by atoms with van der Waals surface area (Å²) in [4.78, 5) is 11.9. The molecule has 0 saturated carbocycles. The van der Waals surface area contributed by atoms with E-state index in [0.29, 0.717) is 12.1 Å². The molecule has 22 heavy (non-hydrogen) atoms. The van der Waals surface area contributed by atoms with Gasteiger partial charge in [0.25, 0.3) is 5.91 Å². The second kappa shape index (κ2) is 5.37. The highest BCUT2D eigenvalue weighted by atomic mass is 19.4. The van der Waals surface area contributed by atoms with Crippen LogP contribution >= 0.6 is 0 Å². The maximum atomic E-state index is 12.9. The zero-order chi connectivity index (χ0) is 16.6. The molecule has 0 aliphatic carbocycles. The number of carbonyl (C=O) groups excluding carboxylic acids is 1. The number of nitrogens with zero attached hydrogens (tertiary/aromatic N) is 2. The van der Waals surface area contributed by atoms with Crippen molar-refractivity contribution >= 4 is 5.91 Å². The van der Waals surface area contributed by atoms with Crippen molar-refractivity contribution in [3.05, 3.63) is 35.4 Å². The molecule has 1 aliphatic rings. The molecule has 0 atom stereocenters. The molecule has 0 unspecified atom stereocenters. The van der Waals surface area contributed by atoms with E-state index in [1.807, 2.05) is 0 Å². The largest absolute Gasteiger partial charge is 0.442 e. The third-order valence-corrected chi connectivity index (χ3v) is 3.41. The van der Waals surface area contributed by atoms with Crippen molar-refractivity contribution in [2.75, 3.05) is 6.54 Å². The van der Waals surface area contributed by atoms with E-state index in [9.17, 15) is 18.0 Å². The Balaban J connectivity index is 1.99. The average Bonchev–Trinajstić information content (AvgIpc) is 3.18. The predicted molar refractivity (Wildman–Crippen MR) is 75.4 cm³/mol. The van der Waals surface area contributed by atoms with Gasteiger partial charge in [-0.2, -0.15) is 13.2 Å². The van der Waals surface area contributed by atoms with Gasteiger partial charge in [0.2, 0.25) is 0 Å². The van der Waals surface area contributed by atoms with Gasteiger partial charge in [-0.1, -0.05) is 32.9 Å². The Hall–Kier alpha value is -1.92. The molecule has 120 valence electrons. The summed E-state index contributed by atoms with van der Waals surface area (Å²) in [5.74, 6) is -0.304. The Morgan fingerprint density at radius 2 is 1.68 bits per heavy atom. The van der Waals surface area contributed by atoms with Crippen LogP contribution in [0.15, 0.2) is 34.5 Å². The fourth-order valence-corrected chi connectivity index (χ4v) is 1.95. The molecule has 7 heteroatoms. The summed E-state index contributed by atoms with van der Waals surface area (Å²) in [5.41, 5.74) is -2.10. The molecule has 1 aliphatic heterocycles. The van der Waals surface area contributed by atoms with E-state index in [4.69, 9.17) is 0 Å². The molecule has 0 aromatic heterocycles. The monoisotopic (exact) mass is 313 g/mol. The predicted octanol–water partition coefficient (Wildman–Crippen LogP) is 4.03. The van der Waals surface area contributed by atoms with Gasteiger partial charge in [-0.15, -0.1) is 10.2 Å². The summed E-state index contributed by atoms with van der Waals surface area (Å²) in [6.07, 6.45) is -3.74. The normalized spacial score (nSPS) is 16.5. The average molecular weight is 313 g/mol. The van der Waals surface area contributed by atoms with Crippen molar-refractivity contribution in [1.29, 1.82) is 0 Å². The van der Waals surface area contributed by atoms with E-state index < -0.39 is 11.8 Å². The summed E-state index contributed by atoms with van der Waals surface area (Å²) in [5, 5.41) is 9.00. The summed E-state index contributed by atoms with van der Waals surface area (Å²) in [6.45, 7) is 6.70. The molecule has 1 aromatic rings. The van der Waals surface area contributed by atoms with Crippen molar-refractivity contribution in [2.24, 2.45) is 15.6 Å². The minimum absolute atomic E-state index is 0.0776. The molecular weight excluding hydrogens is 295 g/mol. The van der Waals surface area contributed by atoms with Crippen LogP contribution in [0.4, 0.5) is 13.2 Å². The number of benzene rings is 1. The van der Waals surface area contributed by atoms with E-state index in [1.54, 1.807) is 0 Å². The number of rotatable bonds is 4. The van der Waals surface area contributed by atoms with Gasteiger partial charge in [-0.25, -0.2) is 0 Å². The van der Waals surface area contributed by atoms with Crippen LogP contribution in [-0.4, -0.2) is 18.6 Å². The van der Waals surface area contributed by atoms with Gasteiger partial charge >= 0.3 is 11.8 Å². The number of carbonyl (C=O) groups is 1. The Bertz CT molecular complexity index is 580. The Morgan fingerprint density at radius 3 is 2.09 bits per heavy atom. The first kappa shape index (κ1) is 16.5. The fraction of sp³-hybridized carbons (Fsp3) is 0.533. The van der Waals surface area contributed by atoms with Crippen LogP contribution in [0.3, 0.4) is 0 Å². The molecule has 0 spiro atoms. The van der Waals surface area contributed by atoms with Crippen molar-refractivity contribution in [3.63, 3.8) is 0 Å². The number of alkyl halides is 3. The summed E-state index contributed by atoms with van der Waals surface area (Å²) in [7, 11) is 0. The Morgan fingerprint density at radius 1 is 1.14 bits per heavy atom. The van der Waals surface area contributed by atoms with Crippen LogP contribution in [0.2, 0.25) is 0 Å². The van der Waals surface area contributed by atoms with Crippen LogP contribution in [0, 0.1) is 5.41 Å². The lowest BCUT2D eigenvalue weighted by molar-refractivity contribution is -0.166. The molecule has 0 fully saturated rings. The molecular formula is C15H18F3N3O. The minimum Gasteiger partial charge on any atom is -0.352 e. The Labute approximate surface area is 126 Å². The molecule has 1 aromatic carbocycles. The second-order valence-electron chi connectivity index (χ2n) is 6.51. The first-order valence-electron chi connectivity index (χ1n) is 6.95. The van der Waals surface area contributed by atoms with Crippen LogP contribution in [0.5, 0.6) is 0 Å². The lowest BCUT2D eigenvalue weighted by Gasteiger charge is -2.18. The highest BCUT2D eigenvalue weighted by Crippen LogP contribution is 2.52. The highest BCUT2D eigenvalue weighted by molar-refractivity contribution is 5.94.